The van der Waals surface area contributed by atoms with E-state index in [1.165, 1.54) is 0 Å². The van der Waals surface area contributed by atoms with Crippen molar-refractivity contribution in [3.63, 3.8) is 0 Å². The van der Waals surface area contributed by atoms with Crippen molar-refractivity contribution in [3.8, 4) is 11.8 Å². The maximum absolute atomic E-state index is 12.6. The van der Waals surface area contributed by atoms with E-state index in [1.54, 1.807) is 31.4 Å². The van der Waals surface area contributed by atoms with Crippen molar-refractivity contribution in [2.24, 2.45) is 0 Å². The SMILES string of the molecule is COc1ccc(CN(C(=O)Nc2ccc(C#N)cc2)C2CC2)cc1. The fraction of sp³-hybridized carbons (Fsp3) is 0.263. The first-order chi connectivity index (χ1) is 11.7. The summed E-state index contributed by atoms with van der Waals surface area (Å²) in [5, 5.41) is 11.7. The van der Waals surface area contributed by atoms with E-state index in [0.717, 1.165) is 24.2 Å². The van der Waals surface area contributed by atoms with Crippen molar-refractivity contribution in [1.29, 1.82) is 5.26 Å². The highest BCUT2D eigenvalue weighted by atomic mass is 16.5. The predicted molar refractivity (Wildman–Crippen MR) is 91.7 cm³/mol. The number of carbonyl (C=O) groups is 1. The first-order valence-corrected chi connectivity index (χ1v) is 7.90. The molecular formula is C19H19N3O2. The molecule has 5 nitrogen and oxygen atoms in total. The van der Waals surface area contributed by atoms with Crippen LogP contribution in [0.15, 0.2) is 48.5 Å². The molecule has 3 rings (SSSR count). The number of carbonyl (C=O) groups excluding carboxylic acids is 1. The maximum Gasteiger partial charge on any atom is 0.322 e. The number of anilines is 1. The minimum absolute atomic E-state index is 0.113. The van der Waals surface area contributed by atoms with Gasteiger partial charge < -0.3 is 15.0 Å². The molecule has 0 atom stereocenters. The summed E-state index contributed by atoms with van der Waals surface area (Å²) in [6.07, 6.45) is 2.08. The number of nitrogens with one attached hydrogen (secondary N) is 1. The normalized spacial score (nSPS) is 13.0. The summed E-state index contributed by atoms with van der Waals surface area (Å²) < 4.78 is 5.16. The average Bonchev–Trinajstić information content (AvgIpc) is 3.45. The third-order valence-corrected chi connectivity index (χ3v) is 4.03. The number of nitriles is 1. The van der Waals surface area contributed by atoms with Crippen LogP contribution in [-0.4, -0.2) is 24.1 Å². The molecule has 0 unspecified atom stereocenters. The molecule has 1 saturated carbocycles. The first kappa shape index (κ1) is 15.9. The maximum atomic E-state index is 12.6. The van der Waals surface area contributed by atoms with Gasteiger partial charge in [-0.05, 0) is 54.8 Å². The Morgan fingerprint density at radius 1 is 1.21 bits per heavy atom. The zero-order valence-electron chi connectivity index (χ0n) is 13.5. The van der Waals surface area contributed by atoms with Gasteiger partial charge in [-0.3, -0.25) is 0 Å². The number of methoxy groups -OCH3 is 1. The molecule has 1 N–H and O–H groups in total. The molecule has 1 fully saturated rings. The summed E-state index contributed by atoms with van der Waals surface area (Å²) in [5.41, 5.74) is 2.34. The van der Waals surface area contributed by atoms with Gasteiger partial charge in [-0.15, -0.1) is 0 Å². The van der Waals surface area contributed by atoms with Crippen molar-refractivity contribution in [2.75, 3.05) is 12.4 Å². The van der Waals surface area contributed by atoms with Gasteiger partial charge in [0.15, 0.2) is 0 Å². The summed E-state index contributed by atoms with van der Waals surface area (Å²) in [6, 6.07) is 16.9. The quantitative estimate of drug-likeness (QED) is 0.912. The second kappa shape index (κ2) is 7.05. The van der Waals surface area contributed by atoms with E-state index in [9.17, 15) is 4.79 Å². The van der Waals surface area contributed by atoms with Crippen molar-refractivity contribution < 1.29 is 9.53 Å². The summed E-state index contributed by atoms with van der Waals surface area (Å²) in [7, 11) is 1.64. The van der Waals surface area contributed by atoms with Gasteiger partial charge in [-0.25, -0.2) is 4.79 Å². The molecule has 0 radical (unpaired) electrons. The molecule has 0 bridgehead atoms. The number of hydrogen-bond donors (Lipinski definition) is 1. The van der Waals surface area contributed by atoms with Crippen molar-refractivity contribution in [1.82, 2.24) is 4.90 Å². The monoisotopic (exact) mass is 321 g/mol. The van der Waals surface area contributed by atoms with Crippen LogP contribution in [0.5, 0.6) is 5.75 Å². The van der Waals surface area contributed by atoms with Gasteiger partial charge in [0.2, 0.25) is 0 Å². The van der Waals surface area contributed by atoms with Crippen LogP contribution in [0.1, 0.15) is 24.0 Å². The molecule has 0 saturated heterocycles. The molecule has 0 aliphatic heterocycles. The molecule has 24 heavy (non-hydrogen) atoms. The minimum atomic E-state index is -0.113. The standard InChI is InChI=1S/C19H19N3O2/c1-24-18-10-4-15(5-11-18)13-22(17-8-9-17)19(23)21-16-6-2-14(12-20)3-7-16/h2-7,10-11,17H,8-9,13H2,1H3,(H,21,23). The van der Waals surface area contributed by atoms with Crippen molar-refractivity contribution in [3.05, 3.63) is 59.7 Å². The van der Waals surface area contributed by atoms with Gasteiger partial charge in [0.1, 0.15) is 5.75 Å². The summed E-state index contributed by atoms with van der Waals surface area (Å²) >= 11 is 0. The van der Waals surface area contributed by atoms with E-state index in [-0.39, 0.29) is 6.03 Å². The average molecular weight is 321 g/mol. The number of ether oxygens (including phenoxy) is 1. The van der Waals surface area contributed by atoms with Crippen molar-refractivity contribution in [2.45, 2.75) is 25.4 Å². The molecule has 122 valence electrons. The number of amides is 2. The summed E-state index contributed by atoms with van der Waals surface area (Å²) in [4.78, 5) is 14.5. The number of rotatable bonds is 5. The lowest BCUT2D eigenvalue weighted by atomic mass is 10.2. The third-order valence-electron chi connectivity index (χ3n) is 4.03. The van der Waals surface area contributed by atoms with E-state index in [4.69, 9.17) is 10.00 Å². The van der Waals surface area contributed by atoms with E-state index in [1.807, 2.05) is 29.2 Å². The van der Waals surface area contributed by atoms with Crippen LogP contribution < -0.4 is 10.1 Å². The molecular weight excluding hydrogens is 302 g/mol. The number of nitrogens with zero attached hydrogens (tertiary/aromatic N) is 2. The molecule has 0 spiro atoms. The fourth-order valence-corrected chi connectivity index (χ4v) is 2.50. The van der Waals surface area contributed by atoms with Crippen LogP contribution in [0, 0.1) is 11.3 Å². The van der Waals surface area contributed by atoms with Crippen molar-refractivity contribution >= 4 is 11.7 Å². The lowest BCUT2D eigenvalue weighted by Gasteiger charge is -2.23. The fourth-order valence-electron chi connectivity index (χ4n) is 2.50. The Morgan fingerprint density at radius 2 is 1.88 bits per heavy atom. The zero-order chi connectivity index (χ0) is 16.9. The summed E-state index contributed by atoms with van der Waals surface area (Å²) in [5.74, 6) is 0.804. The topological polar surface area (TPSA) is 65.4 Å². The lowest BCUT2D eigenvalue weighted by Crippen LogP contribution is -2.36. The number of benzene rings is 2. The second-order valence-electron chi connectivity index (χ2n) is 5.83. The van der Waals surface area contributed by atoms with Crippen LogP contribution in [0.3, 0.4) is 0 Å². The number of hydrogen-bond acceptors (Lipinski definition) is 3. The highest BCUT2D eigenvalue weighted by Crippen LogP contribution is 2.29. The smallest absolute Gasteiger partial charge is 0.322 e. The largest absolute Gasteiger partial charge is 0.497 e. The molecule has 1 aliphatic rings. The molecule has 2 aromatic carbocycles. The second-order valence-corrected chi connectivity index (χ2v) is 5.83. The Labute approximate surface area is 141 Å². The van der Waals surface area contributed by atoms with E-state index in [0.29, 0.717) is 23.8 Å². The molecule has 0 aromatic heterocycles. The minimum Gasteiger partial charge on any atom is -0.497 e. The van der Waals surface area contributed by atoms with Gasteiger partial charge in [0, 0.05) is 18.3 Å². The predicted octanol–water partition coefficient (Wildman–Crippen LogP) is 3.76. The molecule has 2 aromatic rings. The first-order valence-electron chi connectivity index (χ1n) is 7.90. The Balaban J connectivity index is 1.67. The molecule has 5 heteroatoms. The van der Waals surface area contributed by atoms with Crippen LogP contribution in [0.25, 0.3) is 0 Å². The molecule has 0 heterocycles. The number of urea groups is 1. The lowest BCUT2D eigenvalue weighted by molar-refractivity contribution is 0.206. The van der Waals surface area contributed by atoms with Gasteiger partial charge >= 0.3 is 6.03 Å². The van der Waals surface area contributed by atoms with Crippen LogP contribution in [0.4, 0.5) is 10.5 Å². The van der Waals surface area contributed by atoms with Gasteiger partial charge in [-0.1, -0.05) is 12.1 Å². The Hall–Kier alpha value is -3.00. The van der Waals surface area contributed by atoms with Gasteiger partial charge in [0.25, 0.3) is 0 Å². The molecule has 1 aliphatic carbocycles. The van der Waals surface area contributed by atoms with Gasteiger partial charge in [0.05, 0.1) is 18.7 Å². The molecule has 2 amide bonds. The van der Waals surface area contributed by atoms with Gasteiger partial charge in [-0.2, -0.15) is 5.26 Å². The summed E-state index contributed by atoms with van der Waals surface area (Å²) in [6.45, 7) is 0.566. The third kappa shape index (κ3) is 3.85. The van der Waals surface area contributed by atoms with Crippen LogP contribution >= 0.6 is 0 Å². The van der Waals surface area contributed by atoms with Crippen LogP contribution in [-0.2, 0) is 6.54 Å². The van der Waals surface area contributed by atoms with E-state index < -0.39 is 0 Å². The highest BCUT2D eigenvalue weighted by molar-refractivity contribution is 5.89. The van der Waals surface area contributed by atoms with E-state index >= 15 is 0 Å². The van der Waals surface area contributed by atoms with E-state index in [2.05, 4.69) is 11.4 Å². The Kier molecular flexibility index (Phi) is 4.66. The Bertz CT molecular complexity index is 744. The Morgan fingerprint density at radius 3 is 2.42 bits per heavy atom. The highest BCUT2D eigenvalue weighted by Gasteiger charge is 2.32. The van der Waals surface area contributed by atoms with Crippen LogP contribution in [0.2, 0.25) is 0 Å². The zero-order valence-corrected chi connectivity index (χ0v) is 13.5.